The average Bonchev–Trinajstić information content (AvgIpc) is 2.71. The fraction of sp³-hybridized carbons (Fsp3) is 0.143. The first-order valence-corrected chi connectivity index (χ1v) is 5.16. The van der Waals surface area contributed by atoms with Crippen molar-refractivity contribution in [1.29, 1.82) is 0 Å². The molecule has 0 amide bonds. The number of rotatable bonds is 2. The molecule has 0 aromatic carbocycles. The maximum atomic E-state index is 8.73. The Bertz CT molecular complexity index is 454. The summed E-state index contributed by atoms with van der Waals surface area (Å²) in [5.41, 5.74) is 0.592. The van der Waals surface area contributed by atoms with E-state index in [1.165, 1.54) is 11.3 Å². The smallest absolute Gasteiger partial charge is 0.260 e. The summed E-state index contributed by atoms with van der Waals surface area (Å²) >= 11 is 12.8. The molecule has 0 bridgehead atoms. The summed E-state index contributed by atoms with van der Waals surface area (Å²) in [6.07, 6.45) is 0. The van der Waals surface area contributed by atoms with Crippen LogP contribution in [-0.2, 0) is 6.61 Å². The molecule has 2 rings (SSSR count). The number of aliphatic hydroxyl groups is 1. The molecule has 0 radical (unpaired) electrons. The second kappa shape index (κ2) is 3.86. The van der Waals surface area contributed by atoms with Gasteiger partial charge in [-0.05, 0) is 6.07 Å². The van der Waals surface area contributed by atoms with Crippen LogP contribution in [0.15, 0.2) is 10.6 Å². The first-order valence-electron chi connectivity index (χ1n) is 3.59. The summed E-state index contributed by atoms with van der Waals surface area (Å²) < 4.78 is 5.92. The van der Waals surface area contributed by atoms with Crippen molar-refractivity contribution in [3.8, 4) is 11.5 Å². The molecule has 2 aromatic heterocycles. The van der Waals surface area contributed by atoms with E-state index in [1.807, 2.05) is 0 Å². The lowest BCUT2D eigenvalue weighted by molar-refractivity contribution is 0.264. The van der Waals surface area contributed by atoms with E-state index in [9.17, 15) is 0 Å². The van der Waals surface area contributed by atoms with E-state index in [-0.39, 0.29) is 18.3 Å². The number of aromatic nitrogens is 2. The Kier molecular flexibility index (Phi) is 2.73. The summed E-state index contributed by atoms with van der Waals surface area (Å²) in [5, 5.41) is 12.3. The molecular weight excluding hydrogens is 247 g/mol. The number of nitrogens with zero attached hydrogens (tertiary/aromatic N) is 2. The number of halogens is 2. The molecule has 14 heavy (non-hydrogen) atoms. The summed E-state index contributed by atoms with van der Waals surface area (Å²) in [7, 11) is 0. The first-order chi connectivity index (χ1) is 6.70. The van der Waals surface area contributed by atoms with Gasteiger partial charge in [0.25, 0.3) is 5.89 Å². The van der Waals surface area contributed by atoms with Crippen molar-refractivity contribution in [2.45, 2.75) is 6.61 Å². The van der Waals surface area contributed by atoms with E-state index in [0.29, 0.717) is 14.2 Å². The zero-order valence-electron chi connectivity index (χ0n) is 6.70. The van der Waals surface area contributed by atoms with Gasteiger partial charge in [-0.1, -0.05) is 28.4 Å². The molecule has 7 heteroatoms. The third-order valence-corrected chi connectivity index (χ3v) is 2.98. The molecule has 74 valence electrons. The van der Waals surface area contributed by atoms with Crippen molar-refractivity contribution in [2.75, 3.05) is 0 Å². The third kappa shape index (κ3) is 1.76. The summed E-state index contributed by atoms with van der Waals surface area (Å²) in [4.78, 5) is 3.91. The van der Waals surface area contributed by atoms with E-state index < -0.39 is 0 Å². The van der Waals surface area contributed by atoms with Gasteiger partial charge in [0.1, 0.15) is 10.9 Å². The normalized spacial score (nSPS) is 10.8. The molecule has 0 saturated heterocycles. The fourth-order valence-corrected chi connectivity index (χ4v) is 2.36. The number of aliphatic hydroxyl groups excluding tert-OH is 1. The van der Waals surface area contributed by atoms with Gasteiger partial charge >= 0.3 is 0 Å². The second-order valence-electron chi connectivity index (χ2n) is 2.41. The molecule has 0 unspecified atom stereocenters. The van der Waals surface area contributed by atoms with Gasteiger partial charge in [-0.25, -0.2) is 0 Å². The van der Waals surface area contributed by atoms with Gasteiger partial charge in [0.15, 0.2) is 5.82 Å². The van der Waals surface area contributed by atoms with Crippen molar-refractivity contribution in [3.63, 3.8) is 0 Å². The van der Waals surface area contributed by atoms with E-state index in [2.05, 4.69) is 10.1 Å². The van der Waals surface area contributed by atoms with E-state index in [4.69, 9.17) is 32.8 Å². The van der Waals surface area contributed by atoms with Crippen molar-refractivity contribution >= 4 is 34.5 Å². The largest absolute Gasteiger partial charge is 0.388 e. The van der Waals surface area contributed by atoms with E-state index in [1.54, 1.807) is 6.07 Å². The molecule has 0 fully saturated rings. The highest BCUT2D eigenvalue weighted by atomic mass is 35.5. The van der Waals surface area contributed by atoms with Crippen LogP contribution in [0.25, 0.3) is 11.5 Å². The lowest BCUT2D eigenvalue weighted by Gasteiger charge is -1.86. The van der Waals surface area contributed by atoms with Gasteiger partial charge in [-0.2, -0.15) is 4.98 Å². The Morgan fingerprint density at radius 3 is 2.79 bits per heavy atom. The number of thiophene rings is 1. The Hall–Kier alpha value is -0.620. The maximum absolute atomic E-state index is 8.73. The number of hydrogen-bond acceptors (Lipinski definition) is 5. The van der Waals surface area contributed by atoms with Crippen LogP contribution < -0.4 is 0 Å². The molecule has 0 aliphatic rings. The average molecular weight is 251 g/mol. The highest BCUT2D eigenvalue weighted by Crippen LogP contribution is 2.37. The predicted molar refractivity (Wildman–Crippen MR) is 53.6 cm³/mol. The van der Waals surface area contributed by atoms with Gasteiger partial charge in [0.2, 0.25) is 0 Å². The van der Waals surface area contributed by atoms with Crippen LogP contribution in [0.3, 0.4) is 0 Å². The summed E-state index contributed by atoms with van der Waals surface area (Å²) in [6, 6.07) is 1.64. The highest BCUT2D eigenvalue weighted by molar-refractivity contribution is 7.20. The van der Waals surface area contributed by atoms with E-state index >= 15 is 0 Å². The van der Waals surface area contributed by atoms with Crippen LogP contribution in [0.1, 0.15) is 5.82 Å². The Morgan fingerprint density at radius 1 is 1.50 bits per heavy atom. The molecule has 0 spiro atoms. The van der Waals surface area contributed by atoms with Crippen LogP contribution in [0.5, 0.6) is 0 Å². The second-order valence-corrected chi connectivity index (χ2v) is 4.70. The zero-order valence-corrected chi connectivity index (χ0v) is 9.03. The van der Waals surface area contributed by atoms with Crippen LogP contribution in [0.2, 0.25) is 8.67 Å². The molecular formula is C7H4Cl2N2O2S. The predicted octanol–water partition coefficient (Wildman–Crippen LogP) is 2.60. The van der Waals surface area contributed by atoms with Crippen LogP contribution >= 0.6 is 34.5 Å². The molecule has 2 aromatic rings. The lowest BCUT2D eigenvalue weighted by Crippen LogP contribution is -1.84. The quantitative estimate of drug-likeness (QED) is 0.891. The van der Waals surface area contributed by atoms with Crippen molar-refractivity contribution in [2.24, 2.45) is 0 Å². The number of hydrogen-bond donors (Lipinski definition) is 1. The maximum Gasteiger partial charge on any atom is 0.260 e. The third-order valence-electron chi connectivity index (χ3n) is 1.50. The minimum Gasteiger partial charge on any atom is -0.388 e. The Labute approximate surface area is 93.1 Å². The lowest BCUT2D eigenvalue weighted by atomic mass is 10.3. The van der Waals surface area contributed by atoms with Crippen molar-refractivity contribution in [3.05, 3.63) is 20.6 Å². The van der Waals surface area contributed by atoms with Gasteiger partial charge < -0.3 is 9.63 Å². The molecule has 0 aliphatic heterocycles. The minimum atomic E-state index is -0.265. The summed E-state index contributed by atoms with van der Waals surface area (Å²) in [5.74, 6) is 0.487. The Balaban J connectivity index is 2.43. The van der Waals surface area contributed by atoms with Crippen LogP contribution in [-0.4, -0.2) is 15.2 Å². The molecule has 4 nitrogen and oxygen atoms in total. The molecule has 1 N–H and O–H groups in total. The standard InChI is InChI=1S/C7H4Cl2N2O2S/c8-4-1-3(6(9)14-4)7-10-5(2-12)11-13-7/h1,12H,2H2. The molecule has 0 aliphatic carbocycles. The molecule has 0 atom stereocenters. The van der Waals surface area contributed by atoms with Crippen LogP contribution in [0.4, 0.5) is 0 Å². The van der Waals surface area contributed by atoms with Gasteiger partial charge in [-0.15, -0.1) is 11.3 Å². The fourth-order valence-electron chi connectivity index (χ4n) is 0.914. The van der Waals surface area contributed by atoms with Crippen molar-refractivity contribution in [1.82, 2.24) is 10.1 Å². The topological polar surface area (TPSA) is 59.2 Å². The zero-order chi connectivity index (χ0) is 10.1. The minimum absolute atomic E-state index is 0.221. The van der Waals surface area contributed by atoms with Crippen molar-refractivity contribution < 1.29 is 9.63 Å². The summed E-state index contributed by atoms with van der Waals surface area (Å²) in [6.45, 7) is -0.265. The van der Waals surface area contributed by atoms with E-state index in [0.717, 1.165) is 0 Å². The molecule has 0 saturated carbocycles. The van der Waals surface area contributed by atoms with Gasteiger partial charge in [-0.3, -0.25) is 0 Å². The first kappa shape index (κ1) is 9.92. The van der Waals surface area contributed by atoms with Crippen LogP contribution in [0, 0.1) is 0 Å². The monoisotopic (exact) mass is 250 g/mol. The Morgan fingerprint density at radius 2 is 2.29 bits per heavy atom. The van der Waals surface area contributed by atoms with Gasteiger partial charge in [0.05, 0.1) is 9.90 Å². The highest BCUT2D eigenvalue weighted by Gasteiger charge is 2.14. The SMILES string of the molecule is OCc1noc(-c2cc(Cl)sc2Cl)n1. The van der Waals surface area contributed by atoms with Gasteiger partial charge in [0, 0.05) is 0 Å². The molecule has 2 heterocycles.